The Labute approximate surface area is 258 Å². The monoisotopic (exact) mass is 604 g/mol. The number of carboxylic acid groups (broad SMARTS) is 1. The summed E-state index contributed by atoms with van der Waals surface area (Å²) in [6.07, 6.45) is 1.40. The Hall–Kier alpha value is -3.92. The number of hydrogen-bond acceptors (Lipinski definition) is 6. The number of likely N-dealkylation sites (tertiary alicyclic amines) is 1. The highest BCUT2D eigenvalue weighted by molar-refractivity contribution is 5.96. The molecule has 0 radical (unpaired) electrons. The van der Waals surface area contributed by atoms with E-state index in [0.717, 1.165) is 0 Å². The first-order chi connectivity index (χ1) is 20.5. The Balaban J connectivity index is 1.44. The van der Waals surface area contributed by atoms with Crippen LogP contribution in [0.2, 0.25) is 0 Å². The Morgan fingerprint density at radius 3 is 2.16 bits per heavy atom. The second-order valence-corrected chi connectivity index (χ2v) is 14.5. The number of amides is 3. The summed E-state index contributed by atoms with van der Waals surface area (Å²) >= 11 is 0. The molecule has 3 aliphatic rings. The zero-order valence-corrected chi connectivity index (χ0v) is 26.5. The van der Waals surface area contributed by atoms with Crippen LogP contribution in [0.5, 0.6) is 0 Å². The molecule has 10 nitrogen and oxygen atoms in total. The fraction of sp³-hybridized carbons (Fsp3) is 0.529. The number of aliphatic carboxylic acids is 1. The van der Waals surface area contributed by atoms with E-state index in [0.29, 0.717) is 19.5 Å². The van der Waals surface area contributed by atoms with Crippen LogP contribution in [0, 0.1) is 11.3 Å². The lowest BCUT2D eigenvalue weighted by molar-refractivity contribution is -0.146. The van der Waals surface area contributed by atoms with Crippen molar-refractivity contribution < 1.29 is 29.0 Å². The summed E-state index contributed by atoms with van der Waals surface area (Å²) in [5.41, 5.74) is -0.526. The third kappa shape index (κ3) is 6.04. The Morgan fingerprint density at radius 1 is 1.05 bits per heavy atom. The standard InChI is InChI=1S/C34H44N4O6/c1-8-23-16-34(23,30(41)42)36-28(39)25-15-24(37-17-21-13-9-11-20-12-10-14-22(18-37)26(20)21)19-38(25)29(40)27(32(2,3)4)35-31(43)44-33(5,6)7/h8-14,23-25,27H,1,15-19H2,2-7H3,(H,35,43)(H,36,39)(H,41,42)/t23-,24-,25+,27-,34-/m1/s1. The first-order valence-electron chi connectivity index (χ1n) is 15.3. The zero-order valence-electron chi connectivity index (χ0n) is 26.5. The lowest BCUT2D eigenvalue weighted by Crippen LogP contribution is -2.59. The predicted octanol–water partition coefficient (Wildman–Crippen LogP) is 4.21. The number of alkyl carbamates (subject to hydrolysis) is 1. The van der Waals surface area contributed by atoms with E-state index >= 15 is 0 Å². The number of carbonyl (C=O) groups excluding carboxylic acids is 3. The van der Waals surface area contributed by atoms with Crippen molar-refractivity contribution >= 4 is 34.6 Å². The third-order valence-corrected chi connectivity index (χ3v) is 9.01. The van der Waals surface area contributed by atoms with Gasteiger partial charge in [0.2, 0.25) is 11.8 Å². The average Bonchev–Trinajstić information content (AvgIpc) is 3.46. The first-order valence-corrected chi connectivity index (χ1v) is 15.3. The Bertz CT molecular complexity index is 1470. The quantitative estimate of drug-likeness (QED) is 0.404. The molecule has 1 saturated heterocycles. The van der Waals surface area contributed by atoms with E-state index in [9.17, 15) is 24.3 Å². The van der Waals surface area contributed by atoms with Crippen LogP contribution in [0.1, 0.15) is 65.5 Å². The fourth-order valence-electron chi connectivity index (χ4n) is 6.65. The highest BCUT2D eigenvalue weighted by Crippen LogP contribution is 2.45. The number of nitrogens with one attached hydrogen (secondary N) is 2. The molecule has 0 bridgehead atoms. The van der Waals surface area contributed by atoms with Gasteiger partial charge in [-0.3, -0.25) is 14.5 Å². The van der Waals surface area contributed by atoms with Crippen LogP contribution in [0.25, 0.3) is 10.8 Å². The molecule has 1 saturated carbocycles. The summed E-state index contributed by atoms with van der Waals surface area (Å²) in [6, 6.07) is 10.4. The molecule has 3 N–H and O–H groups in total. The van der Waals surface area contributed by atoms with Gasteiger partial charge in [0.25, 0.3) is 0 Å². The van der Waals surface area contributed by atoms with Crippen LogP contribution in [-0.2, 0) is 32.2 Å². The summed E-state index contributed by atoms with van der Waals surface area (Å²) in [6.45, 7) is 16.1. The largest absolute Gasteiger partial charge is 0.479 e. The second kappa shape index (κ2) is 11.2. The molecule has 5 rings (SSSR count). The molecule has 0 unspecified atom stereocenters. The van der Waals surface area contributed by atoms with Crippen molar-refractivity contribution in [3.63, 3.8) is 0 Å². The van der Waals surface area contributed by atoms with Crippen LogP contribution in [0.3, 0.4) is 0 Å². The van der Waals surface area contributed by atoms with Crippen molar-refractivity contribution in [2.45, 2.75) is 96.7 Å². The number of carbonyl (C=O) groups is 4. The van der Waals surface area contributed by atoms with E-state index in [1.807, 2.05) is 32.9 Å². The van der Waals surface area contributed by atoms with Crippen LogP contribution in [0.15, 0.2) is 49.1 Å². The molecular weight excluding hydrogens is 560 g/mol. The molecule has 2 heterocycles. The maximum absolute atomic E-state index is 14.3. The van der Waals surface area contributed by atoms with Gasteiger partial charge in [-0.1, -0.05) is 63.2 Å². The van der Waals surface area contributed by atoms with E-state index in [4.69, 9.17) is 4.74 Å². The van der Waals surface area contributed by atoms with Gasteiger partial charge in [-0.2, -0.15) is 0 Å². The molecule has 3 amide bonds. The number of nitrogens with zero attached hydrogens (tertiary/aromatic N) is 2. The van der Waals surface area contributed by atoms with Crippen LogP contribution in [-0.4, -0.2) is 74.6 Å². The van der Waals surface area contributed by atoms with Gasteiger partial charge in [0.1, 0.15) is 23.2 Å². The van der Waals surface area contributed by atoms with Gasteiger partial charge in [0.15, 0.2) is 0 Å². The molecule has 2 aromatic carbocycles. The SMILES string of the molecule is C=C[C@@H]1C[C@]1(NC(=O)[C@@H]1C[C@@H](N2Cc3cccc4cccc(c34)C2)CN1C(=O)[C@@H](NC(=O)OC(C)(C)C)C(C)(C)C)C(=O)O. The van der Waals surface area contributed by atoms with Gasteiger partial charge in [0.05, 0.1) is 0 Å². The van der Waals surface area contributed by atoms with Gasteiger partial charge in [0, 0.05) is 31.6 Å². The fourth-order valence-corrected chi connectivity index (χ4v) is 6.65. The number of ether oxygens (including phenoxy) is 1. The predicted molar refractivity (Wildman–Crippen MR) is 167 cm³/mol. The lowest BCUT2D eigenvalue weighted by atomic mass is 9.85. The van der Waals surface area contributed by atoms with Crippen LogP contribution < -0.4 is 10.6 Å². The lowest BCUT2D eigenvalue weighted by Gasteiger charge is -2.36. The van der Waals surface area contributed by atoms with E-state index in [1.165, 1.54) is 26.8 Å². The van der Waals surface area contributed by atoms with E-state index in [-0.39, 0.29) is 24.9 Å². The van der Waals surface area contributed by atoms with Gasteiger partial charge in [-0.25, -0.2) is 9.59 Å². The Kier molecular flexibility index (Phi) is 8.03. The van der Waals surface area contributed by atoms with Crippen LogP contribution in [0.4, 0.5) is 4.79 Å². The smallest absolute Gasteiger partial charge is 0.408 e. The van der Waals surface area contributed by atoms with Gasteiger partial charge in [-0.05, 0) is 60.9 Å². The minimum absolute atomic E-state index is 0.171. The first kappa shape index (κ1) is 31.5. The van der Waals surface area contributed by atoms with Crippen molar-refractivity contribution in [1.29, 1.82) is 0 Å². The maximum Gasteiger partial charge on any atom is 0.408 e. The molecule has 0 aromatic heterocycles. The highest BCUT2D eigenvalue weighted by atomic mass is 16.6. The van der Waals surface area contributed by atoms with Gasteiger partial charge < -0.3 is 25.4 Å². The minimum Gasteiger partial charge on any atom is -0.479 e. The summed E-state index contributed by atoms with van der Waals surface area (Å²) in [4.78, 5) is 57.1. The second-order valence-electron chi connectivity index (χ2n) is 14.5. The number of benzene rings is 2. The van der Waals surface area contributed by atoms with Gasteiger partial charge >= 0.3 is 12.1 Å². The summed E-state index contributed by atoms with van der Waals surface area (Å²) in [5, 5.41) is 17.9. The van der Waals surface area contributed by atoms with Crippen molar-refractivity contribution in [2.75, 3.05) is 6.54 Å². The van der Waals surface area contributed by atoms with Crippen molar-refractivity contribution in [3.05, 3.63) is 60.2 Å². The summed E-state index contributed by atoms with van der Waals surface area (Å²) < 4.78 is 5.47. The molecule has 1 aliphatic carbocycles. The van der Waals surface area contributed by atoms with Gasteiger partial charge in [-0.15, -0.1) is 6.58 Å². The Morgan fingerprint density at radius 2 is 1.66 bits per heavy atom. The highest BCUT2D eigenvalue weighted by Gasteiger charge is 2.61. The molecule has 2 aliphatic heterocycles. The molecule has 10 heteroatoms. The summed E-state index contributed by atoms with van der Waals surface area (Å²) in [7, 11) is 0. The van der Waals surface area contributed by atoms with Crippen molar-refractivity contribution in [2.24, 2.45) is 11.3 Å². The topological polar surface area (TPSA) is 128 Å². The third-order valence-electron chi connectivity index (χ3n) is 9.01. The molecule has 0 spiro atoms. The number of hydrogen-bond donors (Lipinski definition) is 3. The molecule has 5 atom stereocenters. The molecular formula is C34H44N4O6. The van der Waals surface area contributed by atoms with E-state index in [1.54, 1.807) is 26.8 Å². The number of rotatable bonds is 7. The van der Waals surface area contributed by atoms with Crippen molar-refractivity contribution in [1.82, 2.24) is 20.4 Å². The normalized spacial score (nSPS) is 25.7. The maximum atomic E-state index is 14.3. The average molecular weight is 605 g/mol. The molecule has 44 heavy (non-hydrogen) atoms. The van der Waals surface area contributed by atoms with E-state index in [2.05, 4.69) is 46.4 Å². The number of carboxylic acids is 1. The minimum atomic E-state index is -1.43. The van der Waals surface area contributed by atoms with E-state index < -0.39 is 52.5 Å². The van der Waals surface area contributed by atoms with Crippen LogP contribution >= 0.6 is 0 Å². The summed E-state index contributed by atoms with van der Waals surface area (Å²) in [5.74, 6) is -2.44. The zero-order chi connectivity index (χ0) is 32.2. The van der Waals surface area contributed by atoms with Crippen molar-refractivity contribution in [3.8, 4) is 0 Å². The molecule has 236 valence electrons. The molecule has 2 fully saturated rings. The molecule has 2 aromatic rings.